The molecule has 1 amide bonds. The highest BCUT2D eigenvalue weighted by Gasteiger charge is 2.40. The molecule has 5 nitrogen and oxygen atoms in total. The highest BCUT2D eigenvalue weighted by atomic mass is 35.5. The van der Waals surface area contributed by atoms with Crippen LogP contribution < -0.4 is 10.5 Å². The van der Waals surface area contributed by atoms with Gasteiger partial charge in [-0.1, -0.05) is 23.7 Å². The largest absolute Gasteiger partial charge is 0.308 e. The summed E-state index contributed by atoms with van der Waals surface area (Å²) >= 11 is 7.33. The fraction of sp³-hybridized carbons (Fsp3) is 0.0952. The number of β-lactam (4-membered cyclic amide) rings is 1. The fourth-order valence-corrected chi connectivity index (χ4v) is 4.61. The van der Waals surface area contributed by atoms with Crippen LogP contribution in [0.4, 0.5) is 10.1 Å². The zero-order valence-electron chi connectivity index (χ0n) is 14.9. The first-order valence-electron chi connectivity index (χ1n) is 8.86. The van der Waals surface area contributed by atoms with Crippen molar-refractivity contribution in [3.05, 3.63) is 80.9 Å². The third-order valence-electron chi connectivity index (χ3n) is 4.99. The van der Waals surface area contributed by atoms with Crippen LogP contribution in [-0.4, -0.2) is 15.9 Å². The van der Waals surface area contributed by atoms with E-state index in [1.54, 1.807) is 24.3 Å². The number of nitrogens with one attached hydrogen (secondary N) is 1. The lowest BCUT2D eigenvalue weighted by Crippen LogP contribution is -2.47. The number of amides is 1. The molecule has 29 heavy (non-hydrogen) atoms. The van der Waals surface area contributed by atoms with E-state index < -0.39 is 0 Å². The van der Waals surface area contributed by atoms with Gasteiger partial charge < -0.3 is 9.88 Å². The molecule has 5 rings (SSSR count). The van der Waals surface area contributed by atoms with Crippen molar-refractivity contribution >= 4 is 44.7 Å². The van der Waals surface area contributed by atoms with Gasteiger partial charge in [-0.05, 0) is 42.0 Å². The molecule has 2 aromatic carbocycles. The van der Waals surface area contributed by atoms with Gasteiger partial charge in [0.05, 0.1) is 11.8 Å². The predicted octanol–water partition coefficient (Wildman–Crippen LogP) is 4.92. The molecular formula is C21H13ClFN3O2S. The minimum Gasteiger partial charge on any atom is -0.308 e. The number of aromatic nitrogens is 2. The predicted molar refractivity (Wildman–Crippen MR) is 112 cm³/mol. The van der Waals surface area contributed by atoms with E-state index in [-0.39, 0.29) is 29.7 Å². The van der Waals surface area contributed by atoms with Gasteiger partial charge in [0, 0.05) is 21.7 Å². The van der Waals surface area contributed by atoms with Crippen molar-refractivity contribution in [1.29, 1.82) is 0 Å². The molecule has 2 aromatic heterocycles. The van der Waals surface area contributed by atoms with Crippen molar-refractivity contribution in [2.24, 2.45) is 0 Å². The average molecular weight is 426 g/mol. The van der Waals surface area contributed by atoms with Crippen LogP contribution >= 0.6 is 22.9 Å². The number of carbonyl (C=O) groups excluding carboxylic acids is 1. The lowest BCUT2D eigenvalue weighted by molar-refractivity contribution is -0.124. The highest BCUT2D eigenvalue weighted by Crippen LogP contribution is 2.38. The van der Waals surface area contributed by atoms with E-state index in [1.807, 2.05) is 17.5 Å². The first-order valence-corrected chi connectivity index (χ1v) is 10.1. The molecular weight excluding hydrogens is 413 g/mol. The number of rotatable bonds is 3. The Kier molecular flexibility index (Phi) is 4.22. The minimum absolute atomic E-state index is 0.0996. The maximum atomic E-state index is 13.2. The third kappa shape index (κ3) is 3.03. The number of fused-ring (bicyclic) bond motifs is 1. The first kappa shape index (κ1) is 18.0. The van der Waals surface area contributed by atoms with Gasteiger partial charge in [-0.25, -0.2) is 9.37 Å². The molecule has 0 aliphatic carbocycles. The number of carbonyl (C=O) groups is 1. The van der Waals surface area contributed by atoms with Crippen LogP contribution in [0, 0.1) is 5.82 Å². The summed E-state index contributed by atoms with van der Waals surface area (Å²) in [4.78, 5) is 34.6. The van der Waals surface area contributed by atoms with Crippen LogP contribution in [-0.2, 0) is 4.79 Å². The molecule has 0 bridgehead atoms. The normalized spacial score (nSPS) is 16.3. The van der Waals surface area contributed by atoms with Crippen molar-refractivity contribution in [1.82, 2.24) is 9.97 Å². The van der Waals surface area contributed by atoms with E-state index in [2.05, 4.69) is 9.97 Å². The number of benzene rings is 2. The molecule has 0 saturated carbocycles. The smallest absolute Gasteiger partial charge is 0.260 e. The monoisotopic (exact) mass is 425 g/mol. The first-order chi connectivity index (χ1) is 14.0. The summed E-state index contributed by atoms with van der Waals surface area (Å²) in [5.74, 6) is -0.0483. The molecule has 1 unspecified atom stereocenters. The number of anilines is 1. The van der Waals surface area contributed by atoms with Crippen LogP contribution in [0.15, 0.2) is 58.7 Å². The molecule has 1 atom stereocenters. The second-order valence-corrected chi connectivity index (χ2v) is 8.04. The van der Waals surface area contributed by atoms with Crippen molar-refractivity contribution in [3.63, 3.8) is 0 Å². The van der Waals surface area contributed by atoms with E-state index in [1.165, 1.54) is 28.4 Å². The number of hydrogen-bond acceptors (Lipinski definition) is 4. The Morgan fingerprint density at radius 1 is 1.10 bits per heavy atom. The number of H-pyrrole nitrogens is 1. The molecule has 1 aliphatic heterocycles. The van der Waals surface area contributed by atoms with Crippen molar-refractivity contribution in [2.75, 3.05) is 4.90 Å². The van der Waals surface area contributed by atoms with Gasteiger partial charge in [0.15, 0.2) is 0 Å². The Morgan fingerprint density at radius 2 is 1.83 bits per heavy atom. The lowest BCUT2D eigenvalue weighted by atomic mass is 9.99. The maximum Gasteiger partial charge on any atom is 0.260 e. The number of aromatic amines is 1. The number of thiophene rings is 1. The quantitative estimate of drug-likeness (QED) is 0.474. The molecule has 1 fully saturated rings. The van der Waals surface area contributed by atoms with Crippen molar-refractivity contribution in [3.8, 4) is 11.1 Å². The number of halogens is 2. The minimum atomic E-state index is -0.383. The molecule has 1 N–H and O–H groups in total. The average Bonchev–Trinajstić information content (AvgIpc) is 3.13. The van der Waals surface area contributed by atoms with Crippen LogP contribution in [0.2, 0.25) is 5.02 Å². The van der Waals surface area contributed by atoms with Gasteiger partial charge in [-0.2, -0.15) is 0 Å². The maximum absolute atomic E-state index is 13.2. The topological polar surface area (TPSA) is 66.1 Å². The third-order valence-corrected chi connectivity index (χ3v) is 6.11. The van der Waals surface area contributed by atoms with Crippen LogP contribution in [0.25, 0.3) is 21.3 Å². The molecule has 1 aliphatic rings. The van der Waals surface area contributed by atoms with Crippen molar-refractivity contribution in [2.45, 2.75) is 12.5 Å². The van der Waals surface area contributed by atoms with Gasteiger partial charge in [0.2, 0.25) is 5.91 Å². The second kappa shape index (κ2) is 6.79. The zero-order chi connectivity index (χ0) is 20.1. The van der Waals surface area contributed by atoms with Crippen LogP contribution in [0.5, 0.6) is 0 Å². The SMILES string of the molecule is O=C1CC(c2nc3scc(-c4ccc(Cl)cc4)c3c(=O)[nH]2)N1c1ccc(F)cc1. The Balaban J connectivity index is 1.55. The molecule has 0 radical (unpaired) electrons. The van der Waals surface area contributed by atoms with Gasteiger partial charge in [-0.3, -0.25) is 9.59 Å². The summed E-state index contributed by atoms with van der Waals surface area (Å²) in [6, 6.07) is 12.6. The van der Waals surface area contributed by atoms with Crippen LogP contribution in [0.1, 0.15) is 18.3 Å². The molecule has 0 spiro atoms. The van der Waals surface area contributed by atoms with E-state index >= 15 is 0 Å². The Labute approximate surface area is 173 Å². The summed E-state index contributed by atoms with van der Waals surface area (Å²) < 4.78 is 13.2. The summed E-state index contributed by atoms with van der Waals surface area (Å²) in [6.45, 7) is 0. The fourth-order valence-electron chi connectivity index (χ4n) is 3.53. The highest BCUT2D eigenvalue weighted by molar-refractivity contribution is 7.17. The molecule has 3 heterocycles. The lowest BCUT2D eigenvalue weighted by Gasteiger charge is -2.39. The van der Waals surface area contributed by atoms with E-state index in [0.29, 0.717) is 26.8 Å². The Morgan fingerprint density at radius 3 is 2.52 bits per heavy atom. The summed E-state index contributed by atoms with van der Waals surface area (Å²) in [5.41, 5.74) is 1.99. The van der Waals surface area contributed by atoms with Gasteiger partial charge in [0.25, 0.3) is 5.56 Å². The van der Waals surface area contributed by atoms with E-state index in [4.69, 9.17) is 11.6 Å². The van der Waals surface area contributed by atoms with Gasteiger partial charge in [-0.15, -0.1) is 11.3 Å². The van der Waals surface area contributed by atoms with E-state index in [0.717, 1.165) is 11.1 Å². The molecule has 144 valence electrons. The molecule has 8 heteroatoms. The van der Waals surface area contributed by atoms with Crippen LogP contribution in [0.3, 0.4) is 0 Å². The Hall–Kier alpha value is -3.03. The molecule has 1 saturated heterocycles. The standard InChI is InChI=1S/C21H13ClFN3O2S/c22-12-3-1-11(2-4-12)15-10-29-21-18(15)20(28)24-19(25-21)16-9-17(27)26(16)14-7-5-13(23)6-8-14/h1-8,10,16H,9H2,(H,24,25,28). The molecule has 4 aromatic rings. The number of nitrogens with zero attached hydrogens (tertiary/aromatic N) is 2. The number of hydrogen-bond donors (Lipinski definition) is 1. The van der Waals surface area contributed by atoms with Gasteiger partial charge in [0.1, 0.15) is 22.5 Å². The van der Waals surface area contributed by atoms with Crippen molar-refractivity contribution < 1.29 is 9.18 Å². The second-order valence-electron chi connectivity index (χ2n) is 6.75. The van der Waals surface area contributed by atoms with E-state index in [9.17, 15) is 14.0 Å². The Bertz CT molecular complexity index is 1300. The van der Waals surface area contributed by atoms with Gasteiger partial charge >= 0.3 is 0 Å². The zero-order valence-corrected chi connectivity index (χ0v) is 16.4. The summed E-state index contributed by atoms with van der Waals surface area (Å²) in [7, 11) is 0. The summed E-state index contributed by atoms with van der Waals surface area (Å²) in [5, 5.41) is 3.03. The summed E-state index contributed by atoms with van der Waals surface area (Å²) in [6.07, 6.45) is 0.237.